The van der Waals surface area contributed by atoms with Gasteiger partial charge in [-0.15, -0.1) is 0 Å². The van der Waals surface area contributed by atoms with Crippen molar-refractivity contribution < 1.29 is 9.53 Å². The molecular formula is C21H31N3O2. The normalized spacial score (nSPS) is 24.5. The summed E-state index contributed by atoms with van der Waals surface area (Å²) in [7, 11) is 3.92. The van der Waals surface area contributed by atoms with Crippen molar-refractivity contribution in [1.82, 2.24) is 9.80 Å². The number of nitrogens with zero attached hydrogens (tertiary/aromatic N) is 3. The maximum atomic E-state index is 12.4. The van der Waals surface area contributed by atoms with Crippen molar-refractivity contribution in [3.05, 3.63) is 29.8 Å². The molecule has 1 aromatic carbocycles. The fraction of sp³-hybridized carbons (Fsp3) is 0.667. The molecule has 0 N–H and O–H groups in total. The summed E-state index contributed by atoms with van der Waals surface area (Å²) in [5.74, 6) is 0.257. The molecule has 2 saturated heterocycles. The standard InChI is InChI=1S/C21H31N3O2/c1-22(2)15-20(25)23-11-9-21(10-12-23)16-24(14-17-6-5-13-26-17)19-8-4-3-7-18(19)21/h3-4,7-8,17H,5-6,9-16H2,1-2H3. The van der Waals surface area contributed by atoms with Crippen LogP contribution in [-0.2, 0) is 14.9 Å². The summed E-state index contributed by atoms with van der Waals surface area (Å²) in [6, 6.07) is 8.89. The lowest BCUT2D eigenvalue weighted by molar-refractivity contribution is -0.133. The van der Waals surface area contributed by atoms with Crippen molar-refractivity contribution in [1.29, 1.82) is 0 Å². The Hall–Kier alpha value is -1.59. The Bertz CT molecular complexity index is 646. The Morgan fingerprint density at radius 3 is 2.73 bits per heavy atom. The van der Waals surface area contributed by atoms with Gasteiger partial charge < -0.3 is 19.4 Å². The van der Waals surface area contributed by atoms with Crippen molar-refractivity contribution >= 4 is 11.6 Å². The summed E-state index contributed by atoms with van der Waals surface area (Å²) < 4.78 is 5.89. The Morgan fingerprint density at radius 2 is 2.04 bits per heavy atom. The molecule has 26 heavy (non-hydrogen) atoms. The number of amides is 1. The molecule has 3 aliphatic rings. The van der Waals surface area contributed by atoms with E-state index < -0.39 is 0 Å². The van der Waals surface area contributed by atoms with Gasteiger partial charge in [-0.2, -0.15) is 0 Å². The molecule has 142 valence electrons. The minimum atomic E-state index is 0.199. The molecule has 0 radical (unpaired) electrons. The molecule has 1 spiro atoms. The molecule has 0 bridgehead atoms. The van der Waals surface area contributed by atoms with E-state index in [1.54, 1.807) is 0 Å². The third kappa shape index (κ3) is 3.35. The predicted molar refractivity (Wildman–Crippen MR) is 104 cm³/mol. The molecule has 0 aromatic heterocycles. The monoisotopic (exact) mass is 357 g/mol. The number of rotatable bonds is 4. The van der Waals surface area contributed by atoms with Crippen LogP contribution in [0.25, 0.3) is 0 Å². The zero-order valence-corrected chi connectivity index (χ0v) is 16.1. The molecule has 1 atom stereocenters. The third-order valence-electron chi connectivity index (χ3n) is 6.28. The number of hydrogen-bond acceptors (Lipinski definition) is 4. The van der Waals surface area contributed by atoms with Gasteiger partial charge in [-0.3, -0.25) is 4.79 Å². The van der Waals surface area contributed by atoms with Crippen LogP contribution in [0, 0.1) is 0 Å². The number of para-hydroxylation sites is 1. The number of benzene rings is 1. The molecule has 4 rings (SSSR count). The van der Waals surface area contributed by atoms with E-state index in [4.69, 9.17) is 4.74 Å². The molecule has 1 unspecified atom stereocenters. The van der Waals surface area contributed by atoms with E-state index >= 15 is 0 Å². The van der Waals surface area contributed by atoms with Gasteiger partial charge in [0, 0.05) is 43.9 Å². The van der Waals surface area contributed by atoms with Gasteiger partial charge in [0.1, 0.15) is 0 Å². The van der Waals surface area contributed by atoms with Crippen LogP contribution in [0.3, 0.4) is 0 Å². The third-order valence-corrected chi connectivity index (χ3v) is 6.28. The highest BCUT2D eigenvalue weighted by Crippen LogP contribution is 2.47. The summed E-state index contributed by atoms with van der Waals surface area (Å²) in [5, 5.41) is 0. The van der Waals surface area contributed by atoms with Crippen LogP contribution in [-0.4, -0.2) is 75.2 Å². The lowest BCUT2D eigenvalue weighted by Gasteiger charge is -2.40. The Morgan fingerprint density at radius 1 is 1.27 bits per heavy atom. The maximum Gasteiger partial charge on any atom is 0.236 e. The molecule has 5 nitrogen and oxygen atoms in total. The summed E-state index contributed by atoms with van der Waals surface area (Å²) >= 11 is 0. The molecular weight excluding hydrogens is 326 g/mol. The van der Waals surface area contributed by atoms with Crippen molar-refractivity contribution in [2.45, 2.75) is 37.2 Å². The highest BCUT2D eigenvalue weighted by atomic mass is 16.5. The summed E-state index contributed by atoms with van der Waals surface area (Å²) in [6.07, 6.45) is 4.86. The second kappa shape index (κ2) is 7.20. The van der Waals surface area contributed by atoms with E-state index in [9.17, 15) is 4.79 Å². The first kappa shape index (κ1) is 17.8. The summed E-state index contributed by atoms with van der Waals surface area (Å²) in [4.78, 5) is 19.0. The van der Waals surface area contributed by atoms with E-state index in [1.165, 1.54) is 24.1 Å². The number of likely N-dealkylation sites (N-methyl/N-ethyl adjacent to an activating group) is 1. The predicted octanol–water partition coefficient (Wildman–Crippen LogP) is 2.11. The topological polar surface area (TPSA) is 36.0 Å². The van der Waals surface area contributed by atoms with Crippen LogP contribution >= 0.6 is 0 Å². The lowest BCUT2D eigenvalue weighted by Crippen LogP contribution is -2.49. The SMILES string of the molecule is CN(C)CC(=O)N1CCC2(CC1)CN(CC1CCCO1)c1ccccc12. The second-order valence-electron chi connectivity index (χ2n) is 8.43. The Kier molecular flexibility index (Phi) is 4.93. The molecule has 3 heterocycles. The largest absolute Gasteiger partial charge is 0.376 e. The minimum absolute atomic E-state index is 0.199. The smallest absolute Gasteiger partial charge is 0.236 e. The zero-order valence-electron chi connectivity index (χ0n) is 16.1. The van der Waals surface area contributed by atoms with E-state index in [0.29, 0.717) is 12.6 Å². The highest BCUT2D eigenvalue weighted by Gasteiger charge is 2.45. The Balaban J connectivity index is 1.48. The number of fused-ring (bicyclic) bond motifs is 2. The van der Waals surface area contributed by atoms with Gasteiger partial charge in [0.15, 0.2) is 0 Å². The van der Waals surface area contributed by atoms with Crippen molar-refractivity contribution in [3.63, 3.8) is 0 Å². The maximum absolute atomic E-state index is 12.4. The van der Waals surface area contributed by atoms with Gasteiger partial charge in [-0.05, 0) is 51.4 Å². The number of piperidine rings is 1. The summed E-state index contributed by atoms with van der Waals surface area (Å²) in [6.45, 7) is 5.23. The first-order valence-corrected chi connectivity index (χ1v) is 9.96. The van der Waals surface area contributed by atoms with Crippen LogP contribution in [0.1, 0.15) is 31.2 Å². The van der Waals surface area contributed by atoms with Gasteiger partial charge in [0.2, 0.25) is 5.91 Å². The van der Waals surface area contributed by atoms with Crippen LogP contribution in [0.15, 0.2) is 24.3 Å². The van der Waals surface area contributed by atoms with Crippen LogP contribution < -0.4 is 4.90 Å². The number of carbonyl (C=O) groups excluding carboxylic acids is 1. The molecule has 1 aromatic rings. The molecule has 1 amide bonds. The van der Waals surface area contributed by atoms with Crippen LogP contribution in [0.5, 0.6) is 0 Å². The highest BCUT2D eigenvalue weighted by molar-refractivity contribution is 5.78. The fourth-order valence-electron chi connectivity index (χ4n) is 4.91. The van der Waals surface area contributed by atoms with E-state index in [-0.39, 0.29) is 11.3 Å². The number of anilines is 1. The molecule has 0 aliphatic carbocycles. The van der Waals surface area contributed by atoms with Crippen molar-refractivity contribution in [2.24, 2.45) is 0 Å². The van der Waals surface area contributed by atoms with E-state index in [0.717, 1.165) is 45.6 Å². The van der Waals surface area contributed by atoms with E-state index in [1.807, 2.05) is 19.0 Å². The quantitative estimate of drug-likeness (QED) is 0.827. The van der Waals surface area contributed by atoms with Crippen molar-refractivity contribution in [2.75, 3.05) is 58.3 Å². The lowest BCUT2D eigenvalue weighted by atomic mass is 9.74. The van der Waals surface area contributed by atoms with Crippen molar-refractivity contribution in [3.8, 4) is 0 Å². The van der Waals surface area contributed by atoms with Crippen LogP contribution in [0.4, 0.5) is 5.69 Å². The molecule has 3 aliphatic heterocycles. The first-order chi connectivity index (χ1) is 12.6. The van der Waals surface area contributed by atoms with Gasteiger partial charge in [-0.25, -0.2) is 0 Å². The first-order valence-electron chi connectivity index (χ1n) is 9.96. The average Bonchev–Trinajstić information content (AvgIpc) is 3.23. The average molecular weight is 357 g/mol. The summed E-state index contributed by atoms with van der Waals surface area (Å²) in [5.41, 5.74) is 3.07. The number of ether oxygens (including phenoxy) is 1. The second-order valence-corrected chi connectivity index (χ2v) is 8.43. The minimum Gasteiger partial charge on any atom is -0.376 e. The molecule has 2 fully saturated rings. The fourth-order valence-corrected chi connectivity index (χ4v) is 4.91. The van der Waals surface area contributed by atoms with E-state index in [2.05, 4.69) is 34.1 Å². The number of likely N-dealkylation sites (tertiary alicyclic amines) is 1. The van der Waals surface area contributed by atoms with Gasteiger partial charge in [0.25, 0.3) is 0 Å². The molecule has 0 saturated carbocycles. The number of carbonyl (C=O) groups is 1. The van der Waals surface area contributed by atoms with Gasteiger partial charge in [-0.1, -0.05) is 18.2 Å². The number of hydrogen-bond donors (Lipinski definition) is 0. The van der Waals surface area contributed by atoms with Gasteiger partial charge in [0.05, 0.1) is 12.6 Å². The zero-order chi connectivity index (χ0) is 18.1. The van der Waals surface area contributed by atoms with Crippen LogP contribution in [0.2, 0.25) is 0 Å². The molecule has 5 heteroatoms. The van der Waals surface area contributed by atoms with Gasteiger partial charge >= 0.3 is 0 Å². The Labute approximate surface area is 156 Å².